The number of thiazole rings is 1. The summed E-state index contributed by atoms with van der Waals surface area (Å²) in [5.74, 6) is -0.976. The van der Waals surface area contributed by atoms with Crippen LogP contribution < -0.4 is 9.62 Å². The summed E-state index contributed by atoms with van der Waals surface area (Å²) in [6, 6.07) is 13.8. The standard InChI is InChI=1S/C22H17FN4O3S2/c1-14-12-16(6-7-18(14)23)27(32(29)30)20-5-3-2-4-17(20)21(28)26-22-25-19(13-31-22)15-8-10-24-11-9-15/h2-13H,1H3,(H,29,30)(H,25,26,28)/p-1. The zero-order valence-electron chi connectivity index (χ0n) is 16.7. The van der Waals surface area contributed by atoms with Crippen molar-refractivity contribution < 1.29 is 17.9 Å². The van der Waals surface area contributed by atoms with Crippen LogP contribution in [0.2, 0.25) is 0 Å². The molecular formula is C22H16FN4O3S2-. The predicted octanol–water partition coefficient (Wildman–Crippen LogP) is 4.84. The molecule has 10 heteroatoms. The van der Waals surface area contributed by atoms with Crippen LogP contribution in [-0.4, -0.2) is 24.6 Å². The van der Waals surface area contributed by atoms with Crippen molar-refractivity contribution in [2.45, 2.75) is 6.92 Å². The average molecular weight is 468 g/mol. The molecule has 0 bridgehead atoms. The SMILES string of the molecule is Cc1cc(N(c2ccccc2C(=O)Nc2nc(-c3ccncc3)cs2)S(=O)[O-])ccc1F. The van der Waals surface area contributed by atoms with E-state index in [1.165, 1.54) is 48.6 Å². The number of carbonyl (C=O) groups is 1. The van der Waals surface area contributed by atoms with E-state index >= 15 is 0 Å². The molecule has 7 nitrogen and oxygen atoms in total. The van der Waals surface area contributed by atoms with Crippen LogP contribution in [0.4, 0.5) is 20.9 Å². The van der Waals surface area contributed by atoms with Gasteiger partial charge in [0, 0.05) is 23.3 Å². The Hall–Kier alpha value is -3.47. The van der Waals surface area contributed by atoms with Gasteiger partial charge in [-0.2, -0.15) is 0 Å². The van der Waals surface area contributed by atoms with Gasteiger partial charge in [-0.25, -0.2) is 9.37 Å². The highest BCUT2D eigenvalue weighted by molar-refractivity contribution is 7.81. The fourth-order valence-corrected chi connectivity index (χ4v) is 4.37. The third kappa shape index (κ3) is 4.57. The second kappa shape index (κ2) is 9.35. The minimum atomic E-state index is -2.75. The highest BCUT2D eigenvalue weighted by Gasteiger charge is 2.20. The van der Waals surface area contributed by atoms with Gasteiger partial charge >= 0.3 is 0 Å². The molecule has 1 amide bonds. The third-order valence-corrected chi connectivity index (χ3v) is 6.06. The van der Waals surface area contributed by atoms with Crippen molar-refractivity contribution in [2.24, 2.45) is 0 Å². The molecule has 0 spiro atoms. The fraction of sp³-hybridized carbons (Fsp3) is 0.0455. The lowest BCUT2D eigenvalue weighted by Crippen LogP contribution is -2.23. The highest BCUT2D eigenvalue weighted by atomic mass is 32.2. The maximum atomic E-state index is 13.7. The van der Waals surface area contributed by atoms with Crippen molar-refractivity contribution in [2.75, 3.05) is 9.62 Å². The molecule has 4 aromatic rings. The molecule has 0 saturated heterocycles. The number of anilines is 3. The molecule has 1 unspecified atom stereocenters. The van der Waals surface area contributed by atoms with Crippen LogP contribution in [0.25, 0.3) is 11.3 Å². The van der Waals surface area contributed by atoms with E-state index in [4.69, 9.17) is 0 Å². The van der Waals surface area contributed by atoms with Crippen LogP contribution in [0.15, 0.2) is 72.4 Å². The lowest BCUT2D eigenvalue weighted by Gasteiger charge is -2.28. The zero-order valence-corrected chi connectivity index (χ0v) is 18.3. The number of hydrogen-bond acceptors (Lipinski definition) is 6. The molecule has 1 atom stereocenters. The van der Waals surface area contributed by atoms with Crippen molar-refractivity contribution in [3.63, 3.8) is 0 Å². The summed E-state index contributed by atoms with van der Waals surface area (Å²) >= 11 is -1.50. The molecule has 0 fully saturated rings. The topological polar surface area (TPSA) is 98.2 Å². The van der Waals surface area contributed by atoms with E-state index in [1.54, 1.807) is 29.9 Å². The summed E-state index contributed by atoms with van der Waals surface area (Å²) < 4.78 is 38.8. The summed E-state index contributed by atoms with van der Waals surface area (Å²) in [5.41, 5.74) is 2.30. The smallest absolute Gasteiger partial charge is 0.259 e. The van der Waals surface area contributed by atoms with E-state index in [0.717, 1.165) is 9.87 Å². The Morgan fingerprint density at radius 3 is 2.62 bits per heavy atom. The van der Waals surface area contributed by atoms with Crippen molar-refractivity contribution in [3.8, 4) is 11.3 Å². The number of carbonyl (C=O) groups excluding carboxylic acids is 1. The number of benzene rings is 2. The number of aryl methyl sites for hydroxylation is 1. The highest BCUT2D eigenvalue weighted by Crippen LogP contribution is 2.32. The Morgan fingerprint density at radius 2 is 1.91 bits per heavy atom. The number of halogens is 1. The molecule has 0 radical (unpaired) electrons. The third-order valence-electron chi connectivity index (χ3n) is 4.59. The molecule has 162 valence electrons. The van der Waals surface area contributed by atoms with Crippen molar-refractivity contribution in [1.82, 2.24) is 9.97 Å². The Morgan fingerprint density at radius 1 is 1.16 bits per heavy atom. The maximum absolute atomic E-state index is 13.7. The normalized spacial score (nSPS) is 11.7. The molecule has 32 heavy (non-hydrogen) atoms. The van der Waals surface area contributed by atoms with Crippen LogP contribution >= 0.6 is 11.3 Å². The van der Waals surface area contributed by atoms with Crippen LogP contribution in [0, 0.1) is 12.7 Å². The monoisotopic (exact) mass is 467 g/mol. The largest absolute Gasteiger partial charge is 0.755 e. The molecule has 2 heterocycles. The lowest BCUT2D eigenvalue weighted by atomic mass is 10.1. The number of para-hydroxylation sites is 1. The zero-order chi connectivity index (χ0) is 22.7. The Balaban J connectivity index is 1.65. The second-order valence-electron chi connectivity index (χ2n) is 6.69. The molecule has 2 aromatic carbocycles. The number of aromatic nitrogens is 2. The van der Waals surface area contributed by atoms with Gasteiger partial charge in [-0.15, -0.1) is 11.3 Å². The first-order chi connectivity index (χ1) is 15.4. The van der Waals surface area contributed by atoms with Crippen LogP contribution in [-0.2, 0) is 11.3 Å². The molecule has 2 aromatic heterocycles. The summed E-state index contributed by atoms with van der Waals surface area (Å²) in [5, 5.41) is 4.89. The first kappa shape index (κ1) is 21.8. The van der Waals surface area contributed by atoms with Crippen molar-refractivity contribution in [3.05, 3.63) is 89.3 Å². The molecule has 0 aliphatic rings. The number of hydrogen-bond donors (Lipinski definition) is 1. The summed E-state index contributed by atoms with van der Waals surface area (Å²) in [6.45, 7) is 1.53. The van der Waals surface area contributed by atoms with E-state index in [2.05, 4.69) is 15.3 Å². The molecular weight excluding hydrogens is 451 g/mol. The fourth-order valence-electron chi connectivity index (χ4n) is 3.05. The van der Waals surface area contributed by atoms with E-state index in [0.29, 0.717) is 10.8 Å². The van der Waals surface area contributed by atoms with Gasteiger partial charge in [-0.3, -0.25) is 23.6 Å². The van der Waals surface area contributed by atoms with E-state index in [9.17, 15) is 17.9 Å². The van der Waals surface area contributed by atoms with Crippen molar-refractivity contribution in [1.29, 1.82) is 0 Å². The van der Waals surface area contributed by atoms with Gasteiger partial charge in [0.05, 0.1) is 33.9 Å². The number of pyridine rings is 1. The Labute approximate surface area is 190 Å². The molecule has 1 N–H and O–H groups in total. The van der Waals surface area contributed by atoms with Gasteiger partial charge in [0.25, 0.3) is 5.91 Å². The number of nitrogens with one attached hydrogen (secondary N) is 1. The van der Waals surface area contributed by atoms with Crippen LogP contribution in [0.1, 0.15) is 15.9 Å². The summed E-state index contributed by atoms with van der Waals surface area (Å²) in [6.07, 6.45) is 3.30. The predicted molar refractivity (Wildman–Crippen MR) is 122 cm³/mol. The Kier molecular flexibility index (Phi) is 6.35. The maximum Gasteiger partial charge on any atom is 0.259 e. The summed E-state index contributed by atoms with van der Waals surface area (Å²) in [7, 11) is 0. The van der Waals surface area contributed by atoms with Gasteiger partial charge in [0.1, 0.15) is 5.82 Å². The number of nitrogens with zero attached hydrogens (tertiary/aromatic N) is 3. The first-order valence-corrected chi connectivity index (χ1v) is 11.3. The average Bonchev–Trinajstić information content (AvgIpc) is 3.25. The molecule has 4 rings (SSSR count). The number of amides is 1. The first-order valence-electron chi connectivity index (χ1n) is 9.36. The lowest BCUT2D eigenvalue weighted by molar-refractivity contribution is 0.102. The van der Waals surface area contributed by atoms with Crippen LogP contribution in [0.5, 0.6) is 0 Å². The van der Waals surface area contributed by atoms with Crippen molar-refractivity contribution >= 4 is 45.0 Å². The van der Waals surface area contributed by atoms with Gasteiger partial charge in [-0.1, -0.05) is 12.1 Å². The quantitative estimate of drug-likeness (QED) is 0.409. The van der Waals surface area contributed by atoms with E-state index in [1.807, 2.05) is 12.1 Å². The van der Waals surface area contributed by atoms with E-state index < -0.39 is 23.0 Å². The van der Waals surface area contributed by atoms with Gasteiger partial charge in [0.2, 0.25) is 0 Å². The minimum absolute atomic E-state index is 0.124. The van der Waals surface area contributed by atoms with E-state index in [-0.39, 0.29) is 22.5 Å². The summed E-state index contributed by atoms with van der Waals surface area (Å²) in [4.78, 5) is 21.4. The van der Waals surface area contributed by atoms with Gasteiger partial charge in [0.15, 0.2) is 5.13 Å². The van der Waals surface area contributed by atoms with Gasteiger partial charge in [-0.05, 0) is 55.0 Å². The molecule has 0 aliphatic heterocycles. The van der Waals surface area contributed by atoms with Gasteiger partial charge < -0.3 is 4.55 Å². The second-order valence-corrected chi connectivity index (χ2v) is 8.35. The minimum Gasteiger partial charge on any atom is -0.755 e. The number of rotatable bonds is 6. The molecule has 0 saturated carbocycles. The molecule has 0 aliphatic carbocycles. The Bertz CT molecular complexity index is 1300. The van der Waals surface area contributed by atoms with Crippen LogP contribution in [0.3, 0.4) is 0 Å².